The van der Waals surface area contributed by atoms with E-state index < -0.39 is 0 Å². The van der Waals surface area contributed by atoms with Gasteiger partial charge >= 0.3 is 0 Å². The van der Waals surface area contributed by atoms with Crippen LogP contribution in [0.2, 0.25) is 0 Å². The summed E-state index contributed by atoms with van der Waals surface area (Å²) in [6.07, 6.45) is 1.72. The van der Waals surface area contributed by atoms with Crippen LogP contribution in [-0.2, 0) is 4.79 Å². The molecule has 2 nitrogen and oxygen atoms in total. The Labute approximate surface area is 94.3 Å². The molecule has 1 N–H and O–H groups in total. The SMILES string of the molecule is CC.CC(C)(S)CC(C)(C)CNC=O. The molecule has 0 aromatic rings. The molecule has 0 heterocycles. The van der Waals surface area contributed by atoms with Gasteiger partial charge in [0.25, 0.3) is 0 Å². The predicted molar refractivity (Wildman–Crippen MR) is 66.9 cm³/mol. The van der Waals surface area contributed by atoms with E-state index in [2.05, 4.69) is 45.6 Å². The third kappa shape index (κ3) is 11.8. The molecule has 0 saturated carbocycles. The molecule has 0 atom stereocenters. The molecule has 0 aliphatic carbocycles. The molecule has 0 spiro atoms. The Balaban J connectivity index is 0. The lowest BCUT2D eigenvalue weighted by Crippen LogP contribution is -2.33. The van der Waals surface area contributed by atoms with Crippen LogP contribution in [0.25, 0.3) is 0 Å². The molecule has 0 bridgehead atoms. The van der Waals surface area contributed by atoms with E-state index in [-0.39, 0.29) is 10.2 Å². The van der Waals surface area contributed by atoms with Crippen molar-refractivity contribution in [1.29, 1.82) is 0 Å². The second-order valence-electron chi connectivity index (χ2n) is 4.65. The van der Waals surface area contributed by atoms with Crippen molar-refractivity contribution in [2.75, 3.05) is 6.54 Å². The number of carbonyl (C=O) groups is 1. The van der Waals surface area contributed by atoms with Crippen molar-refractivity contribution in [1.82, 2.24) is 5.32 Å². The summed E-state index contributed by atoms with van der Waals surface area (Å²) in [5.74, 6) is 0. The number of hydrogen-bond donors (Lipinski definition) is 2. The molecule has 0 rings (SSSR count). The Morgan fingerprint density at radius 2 is 1.64 bits per heavy atom. The zero-order valence-electron chi connectivity index (χ0n) is 10.3. The summed E-state index contributed by atoms with van der Waals surface area (Å²) in [6.45, 7) is 13.1. The van der Waals surface area contributed by atoms with Crippen LogP contribution in [-0.4, -0.2) is 17.7 Å². The zero-order chi connectivity index (χ0) is 11.8. The van der Waals surface area contributed by atoms with Crippen LogP contribution in [0.4, 0.5) is 0 Å². The second-order valence-corrected chi connectivity index (χ2v) is 5.86. The van der Waals surface area contributed by atoms with Gasteiger partial charge in [0.1, 0.15) is 0 Å². The fraction of sp³-hybridized carbons (Fsp3) is 0.909. The summed E-state index contributed by atoms with van der Waals surface area (Å²) in [5, 5.41) is 2.70. The molecule has 14 heavy (non-hydrogen) atoms. The molecule has 0 aromatic carbocycles. The second kappa shape index (κ2) is 7.16. The van der Waals surface area contributed by atoms with Crippen molar-refractivity contribution in [2.24, 2.45) is 5.41 Å². The van der Waals surface area contributed by atoms with E-state index in [1.165, 1.54) is 0 Å². The Hall–Kier alpha value is -0.180. The first-order valence-corrected chi connectivity index (χ1v) is 5.61. The van der Waals surface area contributed by atoms with E-state index in [1.54, 1.807) is 0 Å². The molecular formula is C11H25NOS. The van der Waals surface area contributed by atoms with Gasteiger partial charge in [-0.25, -0.2) is 0 Å². The normalized spacial score (nSPS) is 11.4. The minimum absolute atomic E-state index is 0.0219. The summed E-state index contributed by atoms with van der Waals surface area (Å²) in [4.78, 5) is 10.1. The van der Waals surface area contributed by atoms with Crippen LogP contribution in [0.15, 0.2) is 0 Å². The van der Waals surface area contributed by atoms with Crippen LogP contribution < -0.4 is 5.32 Å². The third-order valence-corrected chi connectivity index (χ3v) is 1.73. The van der Waals surface area contributed by atoms with E-state index in [0.717, 1.165) is 12.8 Å². The van der Waals surface area contributed by atoms with Crippen molar-refractivity contribution in [2.45, 2.75) is 52.7 Å². The molecule has 0 aromatic heterocycles. The molecule has 1 amide bonds. The Morgan fingerprint density at radius 3 is 1.93 bits per heavy atom. The van der Waals surface area contributed by atoms with Gasteiger partial charge in [-0.3, -0.25) is 4.79 Å². The summed E-state index contributed by atoms with van der Waals surface area (Å²) in [5.41, 5.74) is 0.117. The van der Waals surface area contributed by atoms with Gasteiger partial charge in [-0.15, -0.1) is 0 Å². The van der Waals surface area contributed by atoms with Gasteiger partial charge < -0.3 is 5.32 Å². The number of rotatable bonds is 5. The monoisotopic (exact) mass is 219 g/mol. The van der Waals surface area contributed by atoms with Gasteiger partial charge in [0.05, 0.1) is 0 Å². The van der Waals surface area contributed by atoms with Gasteiger partial charge in [0, 0.05) is 11.3 Å². The smallest absolute Gasteiger partial charge is 0.207 e. The summed E-state index contributed by atoms with van der Waals surface area (Å²) in [6, 6.07) is 0. The average Bonchev–Trinajstić information content (AvgIpc) is 2.00. The van der Waals surface area contributed by atoms with Crippen LogP contribution in [0.1, 0.15) is 48.0 Å². The molecule has 0 aliphatic rings. The van der Waals surface area contributed by atoms with Crippen molar-refractivity contribution >= 4 is 19.0 Å². The van der Waals surface area contributed by atoms with Gasteiger partial charge in [-0.1, -0.05) is 41.5 Å². The molecule has 3 heteroatoms. The average molecular weight is 219 g/mol. The van der Waals surface area contributed by atoms with Gasteiger partial charge in [0.15, 0.2) is 0 Å². The van der Waals surface area contributed by atoms with E-state index >= 15 is 0 Å². The molecule has 86 valence electrons. The highest BCUT2D eigenvalue weighted by Crippen LogP contribution is 2.30. The highest BCUT2D eigenvalue weighted by atomic mass is 32.1. The van der Waals surface area contributed by atoms with Gasteiger partial charge in [0.2, 0.25) is 6.41 Å². The summed E-state index contributed by atoms with van der Waals surface area (Å²) < 4.78 is 0.0219. The van der Waals surface area contributed by atoms with Gasteiger partial charge in [-0.05, 0) is 11.8 Å². The van der Waals surface area contributed by atoms with Gasteiger partial charge in [-0.2, -0.15) is 12.6 Å². The van der Waals surface area contributed by atoms with Crippen LogP contribution in [0.3, 0.4) is 0 Å². The lowest BCUT2D eigenvalue weighted by Gasteiger charge is -2.31. The Bertz CT molecular complexity index is 150. The number of hydrogen-bond acceptors (Lipinski definition) is 2. The maximum Gasteiger partial charge on any atom is 0.207 e. The van der Waals surface area contributed by atoms with E-state index in [9.17, 15) is 4.79 Å². The number of thiol groups is 1. The lowest BCUT2D eigenvalue weighted by atomic mass is 9.83. The first kappa shape index (κ1) is 16.3. The predicted octanol–water partition coefficient (Wildman–Crippen LogP) is 2.88. The van der Waals surface area contributed by atoms with Crippen molar-refractivity contribution in [3.8, 4) is 0 Å². The molecule has 0 fully saturated rings. The standard InChI is InChI=1S/C9H19NOS.C2H6/c1-8(2,6-10-7-11)5-9(3,4)12;1-2/h7,12H,5-6H2,1-4H3,(H,10,11);1-2H3. The van der Waals surface area contributed by atoms with E-state index in [0.29, 0.717) is 6.54 Å². The summed E-state index contributed by atoms with van der Waals surface area (Å²) >= 11 is 4.45. The zero-order valence-corrected chi connectivity index (χ0v) is 11.2. The van der Waals surface area contributed by atoms with E-state index in [1.807, 2.05) is 13.8 Å². The van der Waals surface area contributed by atoms with Crippen LogP contribution in [0, 0.1) is 5.41 Å². The third-order valence-electron chi connectivity index (χ3n) is 1.58. The first-order valence-electron chi connectivity index (χ1n) is 5.16. The largest absolute Gasteiger partial charge is 0.358 e. The molecule has 0 unspecified atom stereocenters. The van der Waals surface area contributed by atoms with Crippen molar-refractivity contribution in [3.63, 3.8) is 0 Å². The van der Waals surface area contributed by atoms with Crippen molar-refractivity contribution < 1.29 is 4.79 Å². The van der Waals surface area contributed by atoms with Crippen LogP contribution in [0.5, 0.6) is 0 Å². The molecule has 0 radical (unpaired) electrons. The maximum absolute atomic E-state index is 10.1. The summed E-state index contributed by atoms with van der Waals surface area (Å²) in [7, 11) is 0. The quantitative estimate of drug-likeness (QED) is 0.540. The first-order chi connectivity index (χ1) is 6.27. The number of amides is 1. The minimum Gasteiger partial charge on any atom is -0.358 e. The topological polar surface area (TPSA) is 29.1 Å². The van der Waals surface area contributed by atoms with Crippen LogP contribution >= 0.6 is 12.6 Å². The maximum atomic E-state index is 10.1. The van der Waals surface area contributed by atoms with Crippen molar-refractivity contribution in [3.05, 3.63) is 0 Å². The van der Waals surface area contributed by atoms with E-state index in [4.69, 9.17) is 0 Å². The number of nitrogens with one attached hydrogen (secondary N) is 1. The Kier molecular flexibility index (Phi) is 8.31. The highest BCUT2D eigenvalue weighted by molar-refractivity contribution is 7.81. The molecule has 0 saturated heterocycles. The number of carbonyl (C=O) groups excluding carboxylic acids is 1. The highest BCUT2D eigenvalue weighted by Gasteiger charge is 2.25. The Morgan fingerprint density at radius 1 is 1.21 bits per heavy atom. The molecule has 0 aliphatic heterocycles. The minimum atomic E-state index is 0.0219. The fourth-order valence-electron chi connectivity index (χ4n) is 1.55. The molecular weight excluding hydrogens is 194 g/mol. The lowest BCUT2D eigenvalue weighted by molar-refractivity contribution is -0.109. The fourth-order valence-corrected chi connectivity index (χ4v) is 1.98.